The first-order valence-corrected chi connectivity index (χ1v) is 5.19. The summed E-state index contributed by atoms with van der Waals surface area (Å²) in [5.41, 5.74) is 0.0736. The molecule has 0 bridgehead atoms. The summed E-state index contributed by atoms with van der Waals surface area (Å²) in [6.45, 7) is 0.421. The maximum Gasteiger partial charge on any atom is 0.270 e. The van der Waals surface area contributed by atoms with Crippen LogP contribution in [-0.2, 0) is 6.42 Å². The van der Waals surface area contributed by atoms with Crippen LogP contribution in [0.1, 0.15) is 16.2 Å². The van der Waals surface area contributed by atoms with Gasteiger partial charge in [0.15, 0.2) is 0 Å². The number of carbonyl (C=O) groups is 1. The van der Waals surface area contributed by atoms with Crippen molar-refractivity contribution in [2.75, 3.05) is 6.54 Å². The van der Waals surface area contributed by atoms with Gasteiger partial charge in [0.2, 0.25) is 5.95 Å². The van der Waals surface area contributed by atoms with Gasteiger partial charge in [0, 0.05) is 13.0 Å². The number of hydrogen-bond acceptors (Lipinski definition) is 3. The van der Waals surface area contributed by atoms with Crippen LogP contribution < -0.4 is 5.32 Å². The third-order valence-electron chi connectivity index (χ3n) is 2.18. The van der Waals surface area contributed by atoms with Crippen LogP contribution in [0.25, 0.3) is 0 Å². The minimum absolute atomic E-state index is 0.0736. The molecule has 5 heteroatoms. The Morgan fingerprint density at radius 2 is 2.24 bits per heavy atom. The van der Waals surface area contributed by atoms with E-state index in [9.17, 15) is 9.18 Å². The third kappa shape index (κ3) is 3.14. The van der Waals surface area contributed by atoms with Gasteiger partial charge in [-0.3, -0.25) is 4.79 Å². The van der Waals surface area contributed by atoms with Crippen molar-refractivity contribution in [1.29, 1.82) is 0 Å². The molecule has 0 atom stereocenters. The van der Waals surface area contributed by atoms with E-state index in [0.29, 0.717) is 13.0 Å². The van der Waals surface area contributed by atoms with E-state index in [1.807, 2.05) is 6.07 Å². The number of halogens is 1. The SMILES string of the molecule is O=C(NCCc1ccco1)c1cccc(F)n1. The van der Waals surface area contributed by atoms with Crippen LogP contribution in [0.4, 0.5) is 4.39 Å². The van der Waals surface area contributed by atoms with Crippen molar-refractivity contribution >= 4 is 5.91 Å². The van der Waals surface area contributed by atoms with Crippen LogP contribution in [0.2, 0.25) is 0 Å². The van der Waals surface area contributed by atoms with Gasteiger partial charge >= 0.3 is 0 Å². The molecule has 1 N–H and O–H groups in total. The first kappa shape index (κ1) is 11.3. The molecular weight excluding hydrogens is 223 g/mol. The molecule has 0 saturated heterocycles. The van der Waals surface area contributed by atoms with E-state index in [4.69, 9.17) is 4.42 Å². The largest absolute Gasteiger partial charge is 0.469 e. The number of nitrogens with one attached hydrogen (secondary N) is 1. The fraction of sp³-hybridized carbons (Fsp3) is 0.167. The molecule has 0 fully saturated rings. The molecular formula is C12H11FN2O2. The number of aromatic nitrogens is 1. The molecule has 2 heterocycles. The van der Waals surface area contributed by atoms with E-state index in [0.717, 1.165) is 5.76 Å². The van der Waals surface area contributed by atoms with Crippen molar-refractivity contribution in [2.45, 2.75) is 6.42 Å². The van der Waals surface area contributed by atoms with Gasteiger partial charge in [-0.05, 0) is 24.3 Å². The van der Waals surface area contributed by atoms with Crippen LogP contribution in [0.15, 0.2) is 41.0 Å². The molecule has 88 valence electrons. The third-order valence-corrected chi connectivity index (χ3v) is 2.18. The number of pyridine rings is 1. The second-order valence-electron chi connectivity index (χ2n) is 3.43. The average molecular weight is 234 g/mol. The summed E-state index contributed by atoms with van der Waals surface area (Å²) >= 11 is 0. The minimum atomic E-state index is -0.663. The van der Waals surface area contributed by atoms with Crippen LogP contribution in [0.3, 0.4) is 0 Å². The van der Waals surface area contributed by atoms with Gasteiger partial charge in [0.1, 0.15) is 11.5 Å². The minimum Gasteiger partial charge on any atom is -0.469 e. The highest BCUT2D eigenvalue weighted by molar-refractivity contribution is 5.92. The lowest BCUT2D eigenvalue weighted by molar-refractivity contribution is 0.0947. The lowest BCUT2D eigenvalue weighted by Crippen LogP contribution is -2.26. The summed E-state index contributed by atoms with van der Waals surface area (Å²) in [6, 6.07) is 7.71. The Labute approximate surface area is 97.5 Å². The molecule has 0 aliphatic rings. The smallest absolute Gasteiger partial charge is 0.270 e. The Morgan fingerprint density at radius 3 is 2.94 bits per heavy atom. The number of rotatable bonds is 4. The zero-order valence-electron chi connectivity index (χ0n) is 9.02. The Balaban J connectivity index is 1.85. The maximum atomic E-state index is 12.8. The van der Waals surface area contributed by atoms with Crippen LogP contribution in [-0.4, -0.2) is 17.4 Å². The predicted octanol–water partition coefficient (Wildman–Crippen LogP) is 1.79. The number of amides is 1. The van der Waals surface area contributed by atoms with Gasteiger partial charge in [0.05, 0.1) is 6.26 Å². The zero-order valence-corrected chi connectivity index (χ0v) is 9.02. The molecule has 0 radical (unpaired) electrons. The fourth-order valence-electron chi connectivity index (χ4n) is 1.38. The maximum absolute atomic E-state index is 12.8. The molecule has 4 nitrogen and oxygen atoms in total. The Kier molecular flexibility index (Phi) is 3.49. The molecule has 0 spiro atoms. The normalized spacial score (nSPS) is 10.2. The molecule has 0 aromatic carbocycles. The molecule has 0 aliphatic carbocycles. The number of furan rings is 1. The van der Waals surface area contributed by atoms with Gasteiger partial charge in [-0.1, -0.05) is 6.07 Å². The summed E-state index contributed by atoms with van der Waals surface area (Å²) in [7, 11) is 0. The van der Waals surface area contributed by atoms with Crippen molar-refractivity contribution in [3.05, 3.63) is 54.0 Å². The predicted molar refractivity (Wildman–Crippen MR) is 58.9 cm³/mol. The molecule has 2 aromatic heterocycles. The van der Waals surface area contributed by atoms with Gasteiger partial charge in [-0.2, -0.15) is 4.39 Å². The standard InChI is InChI=1S/C12H11FN2O2/c13-11-5-1-4-10(15-11)12(16)14-7-6-9-3-2-8-17-9/h1-5,8H,6-7H2,(H,14,16). The van der Waals surface area contributed by atoms with E-state index < -0.39 is 11.9 Å². The Hall–Kier alpha value is -2.17. The second kappa shape index (κ2) is 5.25. The first-order chi connectivity index (χ1) is 8.25. The summed E-state index contributed by atoms with van der Waals surface area (Å²) in [5, 5.41) is 2.64. The molecule has 2 rings (SSSR count). The Morgan fingerprint density at radius 1 is 1.35 bits per heavy atom. The first-order valence-electron chi connectivity index (χ1n) is 5.19. The topological polar surface area (TPSA) is 55.1 Å². The van der Waals surface area contributed by atoms with Gasteiger partial charge in [-0.25, -0.2) is 4.98 Å². The van der Waals surface area contributed by atoms with Crippen LogP contribution in [0.5, 0.6) is 0 Å². The second-order valence-corrected chi connectivity index (χ2v) is 3.43. The van der Waals surface area contributed by atoms with Crippen molar-refractivity contribution in [3.63, 3.8) is 0 Å². The summed E-state index contributed by atoms with van der Waals surface area (Å²) in [6.07, 6.45) is 2.17. The summed E-state index contributed by atoms with van der Waals surface area (Å²) in [5.74, 6) is -0.266. The molecule has 17 heavy (non-hydrogen) atoms. The van der Waals surface area contributed by atoms with Gasteiger partial charge in [-0.15, -0.1) is 0 Å². The number of hydrogen-bond donors (Lipinski definition) is 1. The van der Waals surface area contributed by atoms with Crippen LogP contribution in [0, 0.1) is 5.95 Å². The summed E-state index contributed by atoms with van der Waals surface area (Å²) < 4.78 is 17.9. The highest BCUT2D eigenvalue weighted by atomic mass is 19.1. The fourth-order valence-corrected chi connectivity index (χ4v) is 1.38. The number of nitrogens with zero attached hydrogens (tertiary/aromatic N) is 1. The highest BCUT2D eigenvalue weighted by Crippen LogP contribution is 2.01. The monoisotopic (exact) mass is 234 g/mol. The van der Waals surface area contributed by atoms with Crippen molar-refractivity contribution < 1.29 is 13.6 Å². The lowest BCUT2D eigenvalue weighted by Gasteiger charge is -2.03. The van der Waals surface area contributed by atoms with Crippen molar-refractivity contribution in [2.24, 2.45) is 0 Å². The summed E-state index contributed by atoms with van der Waals surface area (Å²) in [4.78, 5) is 15.0. The average Bonchev–Trinajstić information content (AvgIpc) is 2.82. The quantitative estimate of drug-likeness (QED) is 0.820. The molecule has 0 aliphatic heterocycles. The molecule has 1 amide bonds. The molecule has 2 aromatic rings. The van der Waals surface area contributed by atoms with E-state index in [-0.39, 0.29) is 5.69 Å². The number of carbonyl (C=O) groups excluding carboxylic acids is 1. The van der Waals surface area contributed by atoms with E-state index in [1.54, 1.807) is 12.3 Å². The van der Waals surface area contributed by atoms with Gasteiger partial charge < -0.3 is 9.73 Å². The molecule has 0 unspecified atom stereocenters. The molecule has 0 saturated carbocycles. The lowest BCUT2D eigenvalue weighted by atomic mass is 10.3. The Bertz CT molecular complexity index is 497. The van der Waals surface area contributed by atoms with E-state index >= 15 is 0 Å². The van der Waals surface area contributed by atoms with Gasteiger partial charge in [0.25, 0.3) is 5.91 Å². The van der Waals surface area contributed by atoms with Crippen LogP contribution >= 0.6 is 0 Å². The van der Waals surface area contributed by atoms with Crippen molar-refractivity contribution in [1.82, 2.24) is 10.3 Å². The van der Waals surface area contributed by atoms with E-state index in [1.165, 1.54) is 18.2 Å². The van der Waals surface area contributed by atoms with E-state index in [2.05, 4.69) is 10.3 Å². The van der Waals surface area contributed by atoms with Crippen molar-refractivity contribution in [3.8, 4) is 0 Å². The highest BCUT2D eigenvalue weighted by Gasteiger charge is 2.07. The zero-order chi connectivity index (χ0) is 12.1.